The molecule has 0 radical (unpaired) electrons. The molecule has 3 aromatic heterocycles. The van der Waals surface area contributed by atoms with Gasteiger partial charge < -0.3 is 4.42 Å². The van der Waals surface area contributed by atoms with E-state index in [1.807, 2.05) is 36.0 Å². The first-order valence-electron chi connectivity index (χ1n) is 9.01. The van der Waals surface area contributed by atoms with Crippen LogP contribution < -0.4 is 5.32 Å². The molecule has 0 unspecified atom stereocenters. The highest BCUT2D eigenvalue weighted by Crippen LogP contribution is 2.30. The van der Waals surface area contributed by atoms with Crippen LogP contribution in [0.25, 0.3) is 11.3 Å². The van der Waals surface area contributed by atoms with Crippen LogP contribution in [0.4, 0.5) is 5.13 Å². The molecule has 0 fully saturated rings. The number of hydrogen-bond acceptors (Lipinski definition) is 5. The van der Waals surface area contributed by atoms with Crippen LogP contribution in [-0.4, -0.2) is 20.7 Å². The van der Waals surface area contributed by atoms with Gasteiger partial charge in [0.15, 0.2) is 10.8 Å². The van der Waals surface area contributed by atoms with Crippen molar-refractivity contribution in [2.75, 3.05) is 5.32 Å². The lowest BCUT2D eigenvalue weighted by molar-refractivity contribution is 0.102. The van der Waals surface area contributed by atoms with Crippen molar-refractivity contribution >= 4 is 22.4 Å². The Morgan fingerprint density at radius 3 is 2.48 bits per heavy atom. The minimum Gasteiger partial charge on any atom is -0.466 e. The third-order valence-electron chi connectivity index (χ3n) is 4.24. The number of nitrogens with zero attached hydrogens (tertiary/aromatic N) is 3. The molecule has 0 aliphatic rings. The molecule has 0 saturated heterocycles. The van der Waals surface area contributed by atoms with Gasteiger partial charge in [-0.3, -0.25) is 14.8 Å². The smallest absolute Gasteiger partial charge is 0.277 e. The quantitative estimate of drug-likeness (QED) is 0.656. The van der Waals surface area contributed by atoms with Crippen molar-refractivity contribution < 1.29 is 9.21 Å². The zero-order chi connectivity index (χ0) is 19.9. The Morgan fingerprint density at radius 1 is 1.26 bits per heavy atom. The summed E-state index contributed by atoms with van der Waals surface area (Å²) in [4.78, 5) is 17.2. The maximum Gasteiger partial charge on any atom is 0.277 e. The van der Waals surface area contributed by atoms with Gasteiger partial charge in [0.05, 0.1) is 11.2 Å². The summed E-state index contributed by atoms with van der Waals surface area (Å²) in [6.45, 7) is 14.3. The van der Waals surface area contributed by atoms with Gasteiger partial charge in [-0.05, 0) is 52.7 Å². The van der Waals surface area contributed by atoms with Crippen molar-refractivity contribution in [2.24, 2.45) is 0 Å². The number of amides is 1. The molecular formula is C20H26N4O2S. The number of aryl methyl sites for hydroxylation is 2. The van der Waals surface area contributed by atoms with Crippen LogP contribution in [0.3, 0.4) is 0 Å². The van der Waals surface area contributed by atoms with Crippen molar-refractivity contribution in [3.63, 3.8) is 0 Å². The number of carbonyl (C=O) groups is 1. The minimum atomic E-state index is -0.249. The van der Waals surface area contributed by atoms with Crippen molar-refractivity contribution in [1.82, 2.24) is 14.8 Å². The molecule has 0 aliphatic heterocycles. The van der Waals surface area contributed by atoms with E-state index in [9.17, 15) is 4.79 Å². The second-order valence-corrected chi connectivity index (χ2v) is 8.87. The molecule has 3 heterocycles. The summed E-state index contributed by atoms with van der Waals surface area (Å²) in [5, 5.41) is 9.88. The van der Waals surface area contributed by atoms with Crippen LogP contribution in [0, 0.1) is 13.8 Å². The van der Waals surface area contributed by atoms with Gasteiger partial charge in [-0.2, -0.15) is 5.10 Å². The topological polar surface area (TPSA) is 73.0 Å². The first kappa shape index (κ1) is 19.4. The molecule has 1 amide bonds. The van der Waals surface area contributed by atoms with Gasteiger partial charge in [0.1, 0.15) is 11.5 Å². The second-order valence-electron chi connectivity index (χ2n) is 8.01. The molecule has 0 bridgehead atoms. The number of carbonyl (C=O) groups excluding carboxylic acids is 1. The molecular weight excluding hydrogens is 360 g/mol. The predicted molar refractivity (Wildman–Crippen MR) is 109 cm³/mol. The van der Waals surface area contributed by atoms with E-state index in [2.05, 4.69) is 50.0 Å². The molecule has 7 heteroatoms. The maximum absolute atomic E-state index is 12.7. The van der Waals surface area contributed by atoms with Gasteiger partial charge in [0.25, 0.3) is 5.91 Å². The van der Waals surface area contributed by atoms with Crippen LogP contribution in [-0.2, 0) is 5.54 Å². The first-order chi connectivity index (χ1) is 12.6. The zero-order valence-corrected chi connectivity index (χ0v) is 17.7. The average Bonchev–Trinajstić information content (AvgIpc) is 3.24. The van der Waals surface area contributed by atoms with Crippen molar-refractivity contribution in [1.29, 1.82) is 0 Å². The third kappa shape index (κ3) is 3.98. The van der Waals surface area contributed by atoms with Gasteiger partial charge in [-0.1, -0.05) is 13.8 Å². The lowest BCUT2D eigenvalue weighted by Gasteiger charge is -2.23. The van der Waals surface area contributed by atoms with Crippen LogP contribution in [0.5, 0.6) is 0 Å². The molecule has 144 valence electrons. The predicted octanol–water partition coefficient (Wildman–Crippen LogP) is 5.35. The van der Waals surface area contributed by atoms with Crippen LogP contribution in [0.1, 0.15) is 68.2 Å². The monoisotopic (exact) mass is 386 g/mol. The minimum absolute atomic E-state index is 0.191. The second kappa shape index (κ2) is 6.96. The molecule has 0 atom stereocenters. The lowest BCUT2D eigenvalue weighted by Crippen LogP contribution is -2.26. The van der Waals surface area contributed by atoms with Crippen LogP contribution >= 0.6 is 11.3 Å². The number of hydrogen-bond donors (Lipinski definition) is 1. The van der Waals surface area contributed by atoms with E-state index in [4.69, 9.17) is 4.42 Å². The molecule has 27 heavy (non-hydrogen) atoms. The summed E-state index contributed by atoms with van der Waals surface area (Å²) in [6, 6.07) is 3.82. The summed E-state index contributed by atoms with van der Waals surface area (Å²) in [6.07, 6.45) is 0. The normalized spacial score (nSPS) is 12.0. The van der Waals surface area contributed by atoms with Gasteiger partial charge in [0.2, 0.25) is 0 Å². The van der Waals surface area contributed by atoms with E-state index in [0.29, 0.717) is 10.8 Å². The fraction of sp³-hybridized carbons (Fsp3) is 0.450. The fourth-order valence-corrected chi connectivity index (χ4v) is 3.66. The van der Waals surface area contributed by atoms with E-state index < -0.39 is 0 Å². The molecule has 0 spiro atoms. The molecule has 3 aromatic rings. The first-order valence-corrected chi connectivity index (χ1v) is 9.89. The number of thiazole rings is 1. The molecule has 1 N–H and O–H groups in total. The molecule has 6 nitrogen and oxygen atoms in total. The molecule has 0 saturated carbocycles. The van der Waals surface area contributed by atoms with E-state index in [1.54, 1.807) is 0 Å². The summed E-state index contributed by atoms with van der Waals surface area (Å²) in [5.74, 6) is 1.69. The largest absolute Gasteiger partial charge is 0.466 e. The summed E-state index contributed by atoms with van der Waals surface area (Å²) in [5.41, 5.74) is 3.00. The van der Waals surface area contributed by atoms with Crippen molar-refractivity contribution in [3.05, 3.63) is 40.4 Å². The standard InChI is InChI=1S/C20H26N4O2S/c1-11(2)17-9-15(23-24(17)20(5,6)7)18(25)22-19-21-16(10-27-19)14-8-12(3)26-13(14)4/h8-11H,1-7H3,(H,21,22,25). The highest BCUT2D eigenvalue weighted by Gasteiger charge is 2.24. The van der Waals surface area contributed by atoms with E-state index >= 15 is 0 Å². The molecule has 3 rings (SSSR count). The number of nitrogens with one attached hydrogen (secondary N) is 1. The number of anilines is 1. The Balaban J connectivity index is 1.83. The van der Waals surface area contributed by atoms with E-state index in [-0.39, 0.29) is 17.4 Å². The van der Waals surface area contributed by atoms with Gasteiger partial charge in [-0.25, -0.2) is 4.98 Å². The van der Waals surface area contributed by atoms with E-state index in [1.165, 1.54) is 11.3 Å². The maximum atomic E-state index is 12.7. The van der Waals surface area contributed by atoms with Crippen molar-refractivity contribution in [3.8, 4) is 11.3 Å². The molecule has 0 aromatic carbocycles. The Bertz CT molecular complexity index is 973. The fourth-order valence-electron chi connectivity index (χ4n) is 2.96. The SMILES string of the molecule is Cc1cc(-c2csc(NC(=O)c3cc(C(C)C)n(C(C)(C)C)n3)n2)c(C)o1. The Morgan fingerprint density at radius 2 is 1.96 bits per heavy atom. The van der Waals surface area contributed by atoms with E-state index in [0.717, 1.165) is 28.5 Å². The number of rotatable bonds is 4. The highest BCUT2D eigenvalue weighted by atomic mass is 32.1. The van der Waals surface area contributed by atoms with Crippen LogP contribution in [0.2, 0.25) is 0 Å². The van der Waals surface area contributed by atoms with Gasteiger partial charge in [-0.15, -0.1) is 11.3 Å². The summed E-state index contributed by atoms with van der Waals surface area (Å²) in [7, 11) is 0. The molecule has 0 aliphatic carbocycles. The Labute approximate surface area is 163 Å². The van der Waals surface area contributed by atoms with Crippen LogP contribution in [0.15, 0.2) is 21.9 Å². The average molecular weight is 387 g/mol. The number of furan rings is 1. The zero-order valence-electron chi connectivity index (χ0n) is 16.9. The highest BCUT2D eigenvalue weighted by molar-refractivity contribution is 7.14. The Kier molecular flexibility index (Phi) is 4.99. The number of aromatic nitrogens is 3. The third-order valence-corrected chi connectivity index (χ3v) is 5.00. The van der Waals surface area contributed by atoms with Gasteiger partial charge in [0, 0.05) is 16.6 Å². The summed E-state index contributed by atoms with van der Waals surface area (Å²) < 4.78 is 7.49. The van der Waals surface area contributed by atoms with Gasteiger partial charge >= 0.3 is 0 Å². The summed E-state index contributed by atoms with van der Waals surface area (Å²) >= 11 is 1.39. The Hall–Kier alpha value is -2.41. The van der Waals surface area contributed by atoms with Crippen molar-refractivity contribution in [2.45, 2.75) is 59.9 Å². The lowest BCUT2D eigenvalue weighted by atomic mass is 10.1.